The summed E-state index contributed by atoms with van der Waals surface area (Å²) in [5.41, 5.74) is 5.95. The third kappa shape index (κ3) is 2.71. The summed E-state index contributed by atoms with van der Waals surface area (Å²) in [6.45, 7) is 9.23. The lowest BCUT2D eigenvalue weighted by Gasteiger charge is -2.14. The normalized spacial score (nSPS) is 12.9. The van der Waals surface area contributed by atoms with Crippen LogP contribution >= 0.6 is 0 Å². The lowest BCUT2D eigenvalue weighted by atomic mass is 10.1. The van der Waals surface area contributed by atoms with E-state index in [0.29, 0.717) is 0 Å². The Morgan fingerprint density at radius 1 is 1.16 bits per heavy atom. The molecule has 1 unspecified atom stereocenters. The zero-order chi connectivity index (χ0) is 14.2. The van der Waals surface area contributed by atoms with Crippen LogP contribution in [0.5, 0.6) is 0 Å². The zero-order valence-electron chi connectivity index (χ0n) is 12.7. The van der Waals surface area contributed by atoms with Crippen LogP contribution in [0.3, 0.4) is 0 Å². The standard InChI is InChI=1S/C14H23N5/c1-9-13(8-18(5)16-9)7-15-10(2)14-11(3)17-19(6)12(14)4/h8,10,15H,7H2,1-6H3. The van der Waals surface area contributed by atoms with E-state index in [1.54, 1.807) is 0 Å². The molecule has 1 atom stereocenters. The number of rotatable bonds is 4. The Kier molecular flexibility index (Phi) is 3.75. The third-order valence-electron chi connectivity index (χ3n) is 3.71. The molecule has 1 N–H and O–H groups in total. The number of aryl methyl sites for hydroxylation is 4. The predicted octanol–water partition coefficient (Wildman–Crippen LogP) is 1.93. The van der Waals surface area contributed by atoms with Gasteiger partial charge in [0.05, 0.1) is 11.4 Å². The van der Waals surface area contributed by atoms with Crippen LogP contribution in [-0.4, -0.2) is 19.6 Å². The summed E-state index contributed by atoms with van der Waals surface area (Å²) in [4.78, 5) is 0. The van der Waals surface area contributed by atoms with Gasteiger partial charge in [-0.2, -0.15) is 10.2 Å². The quantitative estimate of drug-likeness (QED) is 0.915. The van der Waals surface area contributed by atoms with Crippen LogP contribution in [-0.2, 0) is 20.6 Å². The van der Waals surface area contributed by atoms with Gasteiger partial charge < -0.3 is 5.32 Å². The minimum Gasteiger partial charge on any atom is -0.306 e. The lowest BCUT2D eigenvalue weighted by molar-refractivity contribution is 0.567. The maximum Gasteiger partial charge on any atom is 0.0644 e. The van der Waals surface area contributed by atoms with E-state index in [4.69, 9.17) is 0 Å². The predicted molar refractivity (Wildman–Crippen MR) is 75.9 cm³/mol. The van der Waals surface area contributed by atoms with Crippen LogP contribution in [0.4, 0.5) is 0 Å². The van der Waals surface area contributed by atoms with E-state index >= 15 is 0 Å². The van der Waals surface area contributed by atoms with Gasteiger partial charge in [-0.05, 0) is 27.7 Å². The first kappa shape index (κ1) is 13.8. The molecule has 0 radical (unpaired) electrons. The Balaban J connectivity index is 2.09. The Labute approximate surface area is 114 Å². The van der Waals surface area contributed by atoms with Crippen molar-refractivity contribution < 1.29 is 0 Å². The molecular formula is C14H23N5. The molecule has 0 aromatic carbocycles. The molecule has 2 aromatic rings. The molecule has 0 aliphatic rings. The van der Waals surface area contributed by atoms with Crippen LogP contribution in [0.25, 0.3) is 0 Å². The van der Waals surface area contributed by atoms with Gasteiger partial charge in [0.2, 0.25) is 0 Å². The topological polar surface area (TPSA) is 47.7 Å². The summed E-state index contributed by atoms with van der Waals surface area (Å²) in [5.74, 6) is 0. The van der Waals surface area contributed by atoms with Gasteiger partial charge in [-0.1, -0.05) is 0 Å². The van der Waals surface area contributed by atoms with Gasteiger partial charge in [0.15, 0.2) is 0 Å². The smallest absolute Gasteiger partial charge is 0.0644 e. The average Bonchev–Trinajstić information content (AvgIpc) is 2.76. The minimum atomic E-state index is 0.285. The SMILES string of the molecule is Cc1nn(C)cc1CNC(C)c1c(C)nn(C)c1C. The summed E-state index contributed by atoms with van der Waals surface area (Å²) >= 11 is 0. The van der Waals surface area contributed by atoms with Crippen molar-refractivity contribution in [3.63, 3.8) is 0 Å². The first-order valence-electron chi connectivity index (χ1n) is 6.62. The number of hydrogen-bond donors (Lipinski definition) is 1. The van der Waals surface area contributed by atoms with Gasteiger partial charge in [0.25, 0.3) is 0 Å². The van der Waals surface area contributed by atoms with Gasteiger partial charge in [-0.25, -0.2) is 0 Å². The first-order chi connectivity index (χ1) is 8.90. The van der Waals surface area contributed by atoms with Crippen LogP contribution in [0.15, 0.2) is 6.20 Å². The highest BCUT2D eigenvalue weighted by Gasteiger charge is 2.16. The van der Waals surface area contributed by atoms with Crippen molar-refractivity contribution in [3.05, 3.63) is 34.4 Å². The van der Waals surface area contributed by atoms with Gasteiger partial charge in [0, 0.05) is 49.7 Å². The van der Waals surface area contributed by atoms with E-state index in [9.17, 15) is 0 Å². The van der Waals surface area contributed by atoms with Crippen LogP contribution < -0.4 is 5.32 Å². The maximum atomic E-state index is 4.47. The zero-order valence-corrected chi connectivity index (χ0v) is 12.7. The highest BCUT2D eigenvalue weighted by molar-refractivity contribution is 5.28. The molecule has 2 heterocycles. The maximum absolute atomic E-state index is 4.47. The molecule has 2 aromatic heterocycles. The highest BCUT2D eigenvalue weighted by atomic mass is 15.3. The Hall–Kier alpha value is -1.62. The molecule has 0 aliphatic heterocycles. The van der Waals surface area contributed by atoms with Crippen molar-refractivity contribution in [3.8, 4) is 0 Å². The molecule has 0 spiro atoms. The summed E-state index contributed by atoms with van der Waals surface area (Å²) in [6, 6.07) is 0.285. The number of nitrogens with one attached hydrogen (secondary N) is 1. The highest BCUT2D eigenvalue weighted by Crippen LogP contribution is 2.21. The largest absolute Gasteiger partial charge is 0.306 e. The van der Waals surface area contributed by atoms with Crippen LogP contribution in [0, 0.1) is 20.8 Å². The summed E-state index contributed by atoms with van der Waals surface area (Å²) in [5, 5.41) is 12.4. The van der Waals surface area contributed by atoms with E-state index in [1.165, 1.54) is 16.8 Å². The molecule has 0 aliphatic carbocycles. The van der Waals surface area contributed by atoms with E-state index in [2.05, 4.69) is 42.5 Å². The first-order valence-corrected chi connectivity index (χ1v) is 6.62. The molecule has 0 bridgehead atoms. The van der Waals surface area contributed by atoms with Crippen molar-refractivity contribution in [1.29, 1.82) is 0 Å². The molecule has 5 nitrogen and oxygen atoms in total. The fourth-order valence-corrected chi connectivity index (χ4v) is 2.60. The Morgan fingerprint density at radius 2 is 1.84 bits per heavy atom. The molecule has 0 saturated heterocycles. The molecule has 2 rings (SSSR count). The van der Waals surface area contributed by atoms with E-state index < -0.39 is 0 Å². The molecule has 0 amide bonds. The molecular weight excluding hydrogens is 238 g/mol. The van der Waals surface area contributed by atoms with Gasteiger partial charge >= 0.3 is 0 Å². The van der Waals surface area contributed by atoms with E-state index in [-0.39, 0.29) is 6.04 Å². The third-order valence-corrected chi connectivity index (χ3v) is 3.71. The molecule has 0 saturated carbocycles. The molecule has 5 heteroatoms. The average molecular weight is 261 g/mol. The lowest BCUT2D eigenvalue weighted by Crippen LogP contribution is -2.19. The van der Waals surface area contributed by atoms with Crippen LogP contribution in [0.2, 0.25) is 0 Å². The van der Waals surface area contributed by atoms with Gasteiger partial charge in [-0.3, -0.25) is 9.36 Å². The monoisotopic (exact) mass is 261 g/mol. The van der Waals surface area contributed by atoms with Crippen molar-refractivity contribution >= 4 is 0 Å². The van der Waals surface area contributed by atoms with Crippen molar-refractivity contribution in [2.75, 3.05) is 0 Å². The van der Waals surface area contributed by atoms with Crippen LogP contribution in [0.1, 0.15) is 41.2 Å². The fourth-order valence-electron chi connectivity index (χ4n) is 2.60. The van der Waals surface area contributed by atoms with Crippen molar-refractivity contribution in [2.24, 2.45) is 14.1 Å². The van der Waals surface area contributed by atoms with Gasteiger partial charge in [0.1, 0.15) is 0 Å². The minimum absolute atomic E-state index is 0.285. The summed E-state index contributed by atoms with van der Waals surface area (Å²) < 4.78 is 3.80. The molecule has 19 heavy (non-hydrogen) atoms. The molecule has 0 fully saturated rings. The van der Waals surface area contributed by atoms with Crippen molar-refractivity contribution in [1.82, 2.24) is 24.9 Å². The van der Waals surface area contributed by atoms with E-state index in [0.717, 1.165) is 17.9 Å². The second-order valence-electron chi connectivity index (χ2n) is 5.22. The summed E-state index contributed by atoms with van der Waals surface area (Å²) in [6.07, 6.45) is 2.07. The number of aromatic nitrogens is 4. The second-order valence-corrected chi connectivity index (χ2v) is 5.22. The number of hydrogen-bond acceptors (Lipinski definition) is 3. The van der Waals surface area contributed by atoms with Crippen molar-refractivity contribution in [2.45, 2.75) is 40.3 Å². The Bertz CT molecular complexity index is 579. The molecule has 104 valence electrons. The Morgan fingerprint density at radius 3 is 2.32 bits per heavy atom. The van der Waals surface area contributed by atoms with E-state index in [1.807, 2.05) is 30.4 Å². The number of nitrogens with zero attached hydrogens (tertiary/aromatic N) is 4. The summed E-state index contributed by atoms with van der Waals surface area (Å²) in [7, 11) is 3.94. The van der Waals surface area contributed by atoms with Gasteiger partial charge in [-0.15, -0.1) is 0 Å². The second kappa shape index (κ2) is 5.17. The fraction of sp³-hybridized carbons (Fsp3) is 0.571.